The van der Waals surface area contributed by atoms with Crippen LogP contribution in [0.25, 0.3) is 0 Å². The number of hydrogen-bond donors (Lipinski definition) is 1. The fourth-order valence-corrected chi connectivity index (χ4v) is 3.44. The predicted molar refractivity (Wildman–Crippen MR) is 113 cm³/mol. The molecule has 3 rings (SSSR count). The maximum absolute atomic E-state index is 13.1. The van der Waals surface area contributed by atoms with E-state index in [1.807, 2.05) is 32.0 Å². The third-order valence-corrected chi connectivity index (χ3v) is 5.25. The Kier molecular flexibility index (Phi) is 6.79. The van der Waals surface area contributed by atoms with Gasteiger partial charge in [-0.3, -0.25) is 19.7 Å². The molecule has 30 heavy (non-hydrogen) atoms. The molecule has 0 aliphatic carbocycles. The molecule has 0 unspecified atom stereocenters. The Hall–Kier alpha value is -3.26. The van der Waals surface area contributed by atoms with Crippen LogP contribution in [-0.2, 0) is 9.53 Å². The zero-order chi connectivity index (χ0) is 21.7. The third-order valence-electron chi connectivity index (χ3n) is 5.25. The van der Waals surface area contributed by atoms with Crippen molar-refractivity contribution in [2.75, 3.05) is 25.0 Å². The molecule has 0 aromatic heterocycles. The molecule has 8 nitrogen and oxygen atoms in total. The molecule has 1 atom stereocenters. The first kappa shape index (κ1) is 21.4. The summed E-state index contributed by atoms with van der Waals surface area (Å²) >= 11 is 0. The van der Waals surface area contributed by atoms with E-state index in [0.29, 0.717) is 12.3 Å². The molecule has 1 saturated heterocycles. The molecule has 0 saturated carbocycles. The maximum atomic E-state index is 13.1. The Labute approximate surface area is 175 Å². The lowest BCUT2D eigenvalue weighted by atomic mass is 10.1. The van der Waals surface area contributed by atoms with Gasteiger partial charge in [0.1, 0.15) is 6.54 Å². The van der Waals surface area contributed by atoms with Crippen molar-refractivity contribution in [3.05, 3.63) is 69.3 Å². The highest BCUT2D eigenvalue weighted by Gasteiger charge is 2.26. The molecule has 1 heterocycles. The van der Waals surface area contributed by atoms with Crippen molar-refractivity contribution in [1.82, 2.24) is 4.90 Å². The summed E-state index contributed by atoms with van der Waals surface area (Å²) in [5, 5.41) is 13.9. The summed E-state index contributed by atoms with van der Waals surface area (Å²) in [4.78, 5) is 37.7. The van der Waals surface area contributed by atoms with E-state index in [1.54, 1.807) is 0 Å². The molecule has 0 bridgehead atoms. The topological polar surface area (TPSA) is 102 Å². The fraction of sp³-hybridized carbons (Fsp3) is 0.364. The molecule has 2 aromatic carbocycles. The number of carbonyl (C=O) groups excluding carboxylic acids is 2. The second-order valence-electron chi connectivity index (χ2n) is 7.42. The molecule has 2 aromatic rings. The lowest BCUT2D eigenvalue weighted by molar-refractivity contribution is -0.384. The van der Waals surface area contributed by atoms with Gasteiger partial charge in [0.15, 0.2) is 0 Å². The summed E-state index contributed by atoms with van der Waals surface area (Å²) in [5.41, 5.74) is 2.71. The molecule has 8 heteroatoms. The lowest BCUT2D eigenvalue weighted by Gasteiger charge is -2.25. The van der Waals surface area contributed by atoms with Crippen LogP contribution < -0.4 is 5.32 Å². The number of amides is 2. The molecule has 158 valence electrons. The Morgan fingerprint density at radius 2 is 2.00 bits per heavy atom. The molecule has 2 amide bonds. The van der Waals surface area contributed by atoms with Crippen molar-refractivity contribution >= 4 is 23.2 Å². The van der Waals surface area contributed by atoms with Crippen LogP contribution in [0, 0.1) is 24.0 Å². The van der Waals surface area contributed by atoms with Crippen molar-refractivity contribution < 1.29 is 19.2 Å². The van der Waals surface area contributed by atoms with E-state index in [0.717, 1.165) is 24.0 Å². The van der Waals surface area contributed by atoms with Gasteiger partial charge in [-0.15, -0.1) is 0 Å². The minimum absolute atomic E-state index is 0.152. The number of nitro groups is 1. The second kappa shape index (κ2) is 9.49. The standard InChI is InChI=1S/C22H25N3O5/c1-15-6-3-10-20(16(15)2)23-21(26)14-24(13-19-9-5-11-30-19)22(27)17-7-4-8-18(12-17)25(28)29/h3-4,6-8,10,12,19H,5,9,11,13-14H2,1-2H3,(H,23,26)/t19-/m1/s1. The number of hydrogen-bond acceptors (Lipinski definition) is 5. The van der Waals surface area contributed by atoms with Gasteiger partial charge in [-0.2, -0.15) is 0 Å². The van der Waals surface area contributed by atoms with Gasteiger partial charge < -0.3 is 15.0 Å². The number of rotatable bonds is 7. The van der Waals surface area contributed by atoms with Crippen LogP contribution in [0.15, 0.2) is 42.5 Å². The second-order valence-corrected chi connectivity index (χ2v) is 7.42. The fourth-order valence-electron chi connectivity index (χ4n) is 3.44. The van der Waals surface area contributed by atoms with E-state index in [-0.39, 0.29) is 36.4 Å². The van der Waals surface area contributed by atoms with Crippen LogP contribution in [0.3, 0.4) is 0 Å². The Balaban J connectivity index is 1.78. The van der Waals surface area contributed by atoms with Crippen LogP contribution >= 0.6 is 0 Å². The van der Waals surface area contributed by atoms with Crippen molar-refractivity contribution in [3.8, 4) is 0 Å². The maximum Gasteiger partial charge on any atom is 0.270 e. The largest absolute Gasteiger partial charge is 0.376 e. The van der Waals surface area contributed by atoms with Gasteiger partial charge in [0.2, 0.25) is 5.91 Å². The molecule has 0 spiro atoms. The van der Waals surface area contributed by atoms with Gasteiger partial charge in [-0.05, 0) is 49.9 Å². The van der Waals surface area contributed by atoms with Crippen molar-refractivity contribution in [1.29, 1.82) is 0 Å². The quantitative estimate of drug-likeness (QED) is 0.555. The first-order valence-corrected chi connectivity index (χ1v) is 9.86. The highest BCUT2D eigenvalue weighted by molar-refractivity contribution is 6.00. The number of nitrogens with zero attached hydrogens (tertiary/aromatic N) is 2. The minimum Gasteiger partial charge on any atom is -0.376 e. The van der Waals surface area contributed by atoms with Gasteiger partial charge in [-0.25, -0.2) is 0 Å². The van der Waals surface area contributed by atoms with E-state index < -0.39 is 10.8 Å². The molecule has 1 aliphatic heterocycles. The Morgan fingerprint density at radius 3 is 2.70 bits per heavy atom. The number of anilines is 1. The highest BCUT2D eigenvalue weighted by Crippen LogP contribution is 2.20. The van der Waals surface area contributed by atoms with Gasteiger partial charge in [0, 0.05) is 36.5 Å². The van der Waals surface area contributed by atoms with E-state index in [1.165, 1.54) is 29.2 Å². The Bertz CT molecular complexity index is 954. The number of non-ortho nitro benzene ring substituents is 1. The van der Waals surface area contributed by atoms with E-state index in [2.05, 4.69) is 5.32 Å². The molecule has 0 radical (unpaired) electrons. The van der Waals surface area contributed by atoms with Crippen LogP contribution in [0.5, 0.6) is 0 Å². The first-order valence-electron chi connectivity index (χ1n) is 9.86. The molecule has 1 aliphatic rings. The SMILES string of the molecule is Cc1cccc(NC(=O)CN(C[C@H]2CCCO2)C(=O)c2cccc([N+](=O)[O-])c2)c1C. The van der Waals surface area contributed by atoms with Crippen molar-refractivity contribution in [3.63, 3.8) is 0 Å². The van der Waals surface area contributed by atoms with E-state index >= 15 is 0 Å². The summed E-state index contributed by atoms with van der Waals surface area (Å²) in [6.07, 6.45) is 1.55. The summed E-state index contributed by atoms with van der Waals surface area (Å²) < 4.78 is 5.63. The van der Waals surface area contributed by atoms with Crippen LogP contribution in [0.4, 0.5) is 11.4 Å². The first-order chi connectivity index (χ1) is 14.3. The third kappa shape index (κ3) is 5.21. The van der Waals surface area contributed by atoms with Gasteiger partial charge >= 0.3 is 0 Å². The molecule has 1 fully saturated rings. The summed E-state index contributed by atoms with van der Waals surface area (Å²) in [5.74, 6) is -0.772. The van der Waals surface area contributed by atoms with Crippen LogP contribution in [-0.4, -0.2) is 47.4 Å². The van der Waals surface area contributed by atoms with Gasteiger partial charge in [0.25, 0.3) is 11.6 Å². The monoisotopic (exact) mass is 411 g/mol. The average molecular weight is 411 g/mol. The summed E-state index contributed by atoms with van der Waals surface area (Å²) in [6.45, 7) is 4.58. The number of carbonyl (C=O) groups is 2. The molecular formula is C22H25N3O5. The number of nitro benzene ring substituents is 1. The van der Waals surface area contributed by atoms with Crippen molar-refractivity contribution in [2.24, 2.45) is 0 Å². The smallest absolute Gasteiger partial charge is 0.270 e. The zero-order valence-electron chi connectivity index (χ0n) is 17.1. The highest BCUT2D eigenvalue weighted by atomic mass is 16.6. The number of ether oxygens (including phenoxy) is 1. The lowest BCUT2D eigenvalue weighted by Crippen LogP contribution is -2.42. The van der Waals surface area contributed by atoms with Gasteiger partial charge in [-0.1, -0.05) is 18.2 Å². The van der Waals surface area contributed by atoms with Crippen LogP contribution in [0.1, 0.15) is 34.3 Å². The number of nitrogens with one attached hydrogen (secondary N) is 1. The summed E-state index contributed by atoms with van der Waals surface area (Å²) in [6, 6.07) is 11.2. The van der Waals surface area contributed by atoms with E-state index in [9.17, 15) is 19.7 Å². The van der Waals surface area contributed by atoms with Gasteiger partial charge in [0.05, 0.1) is 11.0 Å². The molecular weight excluding hydrogens is 386 g/mol. The average Bonchev–Trinajstić information content (AvgIpc) is 3.23. The summed E-state index contributed by atoms with van der Waals surface area (Å²) in [7, 11) is 0. The van der Waals surface area contributed by atoms with Crippen LogP contribution in [0.2, 0.25) is 0 Å². The molecule has 1 N–H and O–H groups in total. The van der Waals surface area contributed by atoms with E-state index in [4.69, 9.17) is 4.74 Å². The van der Waals surface area contributed by atoms with Crippen molar-refractivity contribution in [2.45, 2.75) is 32.8 Å². The normalized spacial score (nSPS) is 15.6. The number of aryl methyl sites for hydroxylation is 1. The zero-order valence-corrected chi connectivity index (χ0v) is 17.1. The predicted octanol–water partition coefficient (Wildman–Crippen LogP) is 3.47. The number of benzene rings is 2. The Morgan fingerprint density at radius 1 is 1.23 bits per heavy atom. The minimum atomic E-state index is -0.547.